The Bertz CT molecular complexity index is 1660. The maximum Gasteiger partial charge on any atom is 0.410 e. The van der Waals surface area contributed by atoms with Gasteiger partial charge in [0.05, 0.1) is 37.1 Å². The molecule has 0 unspecified atom stereocenters. The number of carbonyl (C=O) groups excluding carboxylic acids is 1. The number of aromatic nitrogens is 2. The largest absolute Gasteiger partial charge is 0.483 e. The Kier molecular flexibility index (Phi) is 9.40. The Morgan fingerprint density at radius 2 is 1.81 bits per heavy atom. The number of benzene rings is 2. The minimum absolute atomic E-state index is 0.0428. The molecule has 3 saturated heterocycles. The molecule has 1 amide bonds. The number of halogens is 2. The summed E-state index contributed by atoms with van der Waals surface area (Å²) in [5.74, 6) is -2.91. The highest BCUT2D eigenvalue weighted by atomic mass is 19.3. The van der Waals surface area contributed by atoms with Crippen molar-refractivity contribution in [3.05, 3.63) is 59.8 Å². The first-order valence-electron chi connectivity index (χ1n) is 16.2. The lowest BCUT2D eigenvalue weighted by Gasteiger charge is -2.43. The van der Waals surface area contributed by atoms with E-state index in [2.05, 4.69) is 43.3 Å². The van der Waals surface area contributed by atoms with E-state index in [1.165, 1.54) is 0 Å². The van der Waals surface area contributed by atoms with Crippen LogP contribution in [0.25, 0.3) is 11.3 Å². The number of piperidine rings is 1. The van der Waals surface area contributed by atoms with E-state index in [0.29, 0.717) is 28.8 Å². The summed E-state index contributed by atoms with van der Waals surface area (Å²) in [7, 11) is 0. The predicted octanol–water partition coefficient (Wildman–Crippen LogP) is 5.61. The Balaban J connectivity index is 1.10. The monoisotopic (exact) mass is 661 g/mol. The Hall–Kier alpha value is -4.54. The van der Waals surface area contributed by atoms with E-state index in [1.807, 2.05) is 12.1 Å². The minimum Gasteiger partial charge on any atom is -0.483 e. The molecule has 3 aliphatic heterocycles. The number of ether oxygens (including phenoxy) is 3. The minimum atomic E-state index is -3.35. The second-order valence-electron chi connectivity index (χ2n) is 13.5. The topological polar surface area (TPSA) is 116 Å². The number of carbonyl (C=O) groups is 1. The zero-order chi connectivity index (χ0) is 34.1. The molecule has 0 radical (unpaired) electrons. The van der Waals surface area contributed by atoms with E-state index in [4.69, 9.17) is 14.2 Å². The van der Waals surface area contributed by atoms with Crippen LogP contribution in [-0.2, 0) is 9.47 Å². The summed E-state index contributed by atoms with van der Waals surface area (Å²) in [5, 5.41) is 13.2. The molecule has 0 spiro atoms. The third-order valence-electron chi connectivity index (χ3n) is 8.77. The van der Waals surface area contributed by atoms with Crippen molar-refractivity contribution in [3.63, 3.8) is 0 Å². The molecule has 13 heteroatoms. The number of rotatable bonds is 7. The lowest BCUT2D eigenvalue weighted by atomic mass is 10.0. The van der Waals surface area contributed by atoms with Crippen molar-refractivity contribution in [2.45, 2.75) is 57.8 Å². The van der Waals surface area contributed by atoms with Crippen LogP contribution in [0, 0.1) is 18.3 Å². The number of piperazine rings is 1. The second kappa shape index (κ2) is 13.5. The van der Waals surface area contributed by atoms with Crippen LogP contribution < -0.4 is 15.0 Å². The predicted molar refractivity (Wildman–Crippen MR) is 177 cm³/mol. The number of likely N-dealkylation sites (tertiary alicyclic amines) is 1. The van der Waals surface area contributed by atoms with Gasteiger partial charge in [0.1, 0.15) is 17.4 Å². The highest BCUT2D eigenvalue weighted by molar-refractivity contribution is 5.70. The van der Waals surface area contributed by atoms with E-state index >= 15 is 8.78 Å². The molecular formula is C35H41F2N7O4. The summed E-state index contributed by atoms with van der Waals surface area (Å²) in [4.78, 5) is 27.3. The smallest absolute Gasteiger partial charge is 0.410 e. The van der Waals surface area contributed by atoms with Crippen molar-refractivity contribution in [1.82, 2.24) is 19.8 Å². The molecule has 0 bridgehead atoms. The maximum absolute atomic E-state index is 15.2. The molecule has 6 rings (SSSR count). The number of nitrogens with zero attached hydrogens (tertiary/aromatic N) is 6. The van der Waals surface area contributed by atoms with Crippen molar-refractivity contribution < 1.29 is 27.8 Å². The maximum atomic E-state index is 15.2. The van der Waals surface area contributed by atoms with Crippen LogP contribution in [0.4, 0.5) is 30.9 Å². The van der Waals surface area contributed by atoms with Crippen molar-refractivity contribution in [2.75, 3.05) is 62.7 Å². The molecule has 3 aliphatic rings. The molecular weight excluding hydrogens is 620 g/mol. The lowest BCUT2D eigenvalue weighted by Crippen LogP contribution is -2.56. The number of nitriles is 1. The van der Waals surface area contributed by atoms with Gasteiger partial charge in [0.15, 0.2) is 6.10 Å². The standard InChI is InChI=1S/C35H41F2N7O4/c1-23-17-30(47-31-10-12-44(22-35(31,36)37)33(45)48-34(2,3)4)24(19-38)18-28(23)29-9-11-39-32(41-29)40-25-5-7-26(8-6-25)42-13-15-43(16-14-42)27-20-46-21-27/h5-9,11,17-18,27,31H,10,12-16,20-22H2,1-4H3,(H,39,40,41)/t31-/m0/s1. The zero-order valence-electron chi connectivity index (χ0n) is 27.7. The normalized spacial score (nSPS) is 20.1. The van der Waals surface area contributed by atoms with Gasteiger partial charge >= 0.3 is 12.0 Å². The van der Waals surface area contributed by atoms with Gasteiger partial charge in [-0.1, -0.05) is 0 Å². The van der Waals surface area contributed by atoms with Crippen LogP contribution in [0.15, 0.2) is 48.7 Å². The molecule has 1 aromatic heterocycles. The van der Waals surface area contributed by atoms with Crippen LogP contribution in [0.1, 0.15) is 38.3 Å². The fourth-order valence-corrected chi connectivity index (χ4v) is 6.08. The summed E-state index contributed by atoms with van der Waals surface area (Å²) >= 11 is 0. The molecule has 0 saturated carbocycles. The summed E-state index contributed by atoms with van der Waals surface area (Å²) < 4.78 is 46.7. The first kappa shape index (κ1) is 33.4. The van der Waals surface area contributed by atoms with E-state index in [-0.39, 0.29) is 24.3 Å². The molecule has 3 fully saturated rings. The number of alkyl halides is 2. The summed E-state index contributed by atoms with van der Waals surface area (Å²) in [5.41, 5.74) is 3.21. The van der Waals surface area contributed by atoms with Crippen LogP contribution in [0.5, 0.6) is 5.75 Å². The van der Waals surface area contributed by atoms with Gasteiger partial charge in [0, 0.05) is 62.3 Å². The summed E-state index contributed by atoms with van der Waals surface area (Å²) in [6.45, 7) is 11.7. The number of amides is 1. The average Bonchev–Trinajstić information content (AvgIpc) is 3.01. The number of nitrogens with one attached hydrogen (secondary N) is 1. The second-order valence-corrected chi connectivity index (χ2v) is 13.5. The van der Waals surface area contributed by atoms with E-state index in [9.17, 15) is 10.1 Å². The first-order valence-corrected chi connectivity index (χ1v) is 16.2. The van der Waals surface area contributed by atoms with Crippen molar-refractivity contribution in [2.24, 2.45) is 0 Å². The van der Waals surface area contributed by atoms with Gasteiger partial charge < -0.3 is 29.3 Å². The van der Waals surface area contributed by atoms with Gasteiger partial charge in [-0.2, -0.15) is 5.26 Å². The molecule has 4 heterocycles. The van der Waals surface area contributed by atoms with Crippen molar-refractivity contribution >= 4 is 23.4 Å². The molecule has 254 valence electrons. The lowest BCUT2D eigenvalue weighted by molar-refractivity contribution is -0.137. The highest BCUT2D eigenvalue weighted by Crippen LogP contribution is 2.36. The summed E-state index contributed by atoms with van der Waals surface area (Å²) in [6.07, 6.45) is -0.798. The van der Waals surface area contributed by atoms with Gasteiger partial charge in [0.25, 0.3) is 0 Å². The molecule has 2 aromatic carbocycles. The van der Waals surface area contributed by atoms with E-state index in [1.54, 1.807) is 52.1 Å². The SMILES string of the molecule is Cc1cc(O[C@H]2CCN(C(=O)OC(C)(C)C)CC2(F)F)c(C#N)cc1-c1ccnc(Nc2ccc(N3CCN(C4COC4)CC3)cc2)n1. The zero-order valence-corrected chi connectivity index (χ0v) is 27.7. The first-order chi connectivity index (χ1) is 22.9. The third-order valence-corrected chi connectivity index (χ3v) is 8.77. The van der Waals surface area contributed by atoms with E-state index in [0.717, 1.165) is 55.7 Å². The highest BCUT2D eigenvalue weighted by Gasteiger charge is 2.48. The van der Waals surface area contributed by atoms with Crippen molar-refractivity contribution in [1.29, 1.82) is 5.26 Å². The van der Waals surface area contributed by atoms with Crippen LogP contribution in [-0.4, -0.2) is 102 Å². The molecule has 11 nitrogen and oxygen atoms in total. The van der Waals surface area contributed by atoms with Gasteiger partial charge in [-0.25, -0.2) is 23.5 Å². The Labute approximate surface area is 279 Å². The fourth-order valence-electron chi connectivity index (χ4n) is 6.08. The van der Waals surface area contributed by atoms with Gasteiger partial charge in [-0.15, -0.1) is 0 Å². The molecule has 0 aliphatic carbocycles. The Morgan fingerprint density at radius 1 is 1.08 bits per heavy atom. The molecule has 1 N–H and O–H groups in total. The quantitative estimate of drug-likeness (QED) is 0.343. The van der Waals surface area contributed by atoms with Gasteiger partial charge in [-0.3, -0.25) is 4.90 Å². The van der Waals surface area contributed by atoms with E-state index < -0.39 is 30.3 Å². The average molecular weight is 662 g/mol. The third kappa shape index (κ3) is 7.61. The molecule has 1 atom stereocenters. The number of anilines is 3. The Morgan fingerprint density at radius 3 is 2.44 bits per heavy atom. The number of hydrogen-bond acceptors (Lipinski definition) is 10. The number of hydrogen-bond donors (Lipinski definition) is 1. The molecule has 48 heavy (non-hydrogen) atoms. The van der Waals surface area contributed by atoms with Crippen LogP contribution in [0.2, 0.25) is 0 Å². The van der Waals surface area contributed by atoms with Gasteiger partial charge in [-0.05, 0) is 75.7 Å². The molecule has 3 aromatic rings. The van der Waals surface area contributed by atoms with Gasteiger partial charge in [0.2, 0.25) is 5.95 Å². The van der Waals surface area contributed by atoms with Crippen LogP contribution in [0.3, 0.4) is 0 Å². The van der Waals surface area contributed by atoms with Crippen molar-refractivity contribution in [3.8, 4) is 23.1 Å². The summed E-state index contributed by atoms with van der Waals surface area (Å²) in [6, 6.07) is 15.7. The van der Waals surface area contributed by atoms with Crippen LogP contribution >= 0.6 is 0 Å². The number of aryl methyl sites for hydroxylation is 1. The fraction of sp³-hybridized carbons (Fsp3) is 0.486.